The molecule has 2 heterocycles. The molecule has 4 heteroatoms. The monoisotopic (exact) mass is 197 g/mol. The first kappa shape index (κ1) is 9.09. The lowest BCUT2D eigenvalue weighted by atomic mass is 10.4. The SMILES string of the molecule is CSc1cc2n(n1)CCCN(C)C2. The van der Waals surface area contributed by atoms with Gasteiger partial charge in [-0.05, 0) is 25.8 Å². The maximum absolute atomic E-state index is 4.52. The van der Waals surface area contributed by atoms with Crippen molar-refractivity contribution >= 4 is 11.8 Å². The lowest BCUT2D eigenvalue weighted by molar-refractivity contribution is 0.332. The van der Waals surface area contributed by atoms with Crippen molar-refractivity contribution in [2.45, 2.75) is 24.5 Å². The zero-order chi connectivity index (χ0) is 9.26. The van der Waals surface area contributed by atoms with Gasteiger partial charge in [0, 0.05) is 19.6 Å². The van der Waals surface area contributed by atoms with Crippen molar-refractivity contribution < 1.29 is 0 Å². The standard InChI is InChI=1S/C9H15N3S/c1-11-4-3-5-12-8(7-11)6-9(10-12)13-2/h6H,3-5,7H2,1-2H3. The second-order valence-corrected chi connectivity index (χ2v) is 4.32. The molecule has 0 spiro atoms. The minimum atomic E-state index is 1.04. The summed E-state index contributed by atoms with van der Waals surface area (Å²) in [5, 5.41) is 5.66. The van der Waals surface area contributed by atoms with E-state index in [1.165, 1.54) is 18.7 Å². The van der Waals surface area contributed by atoms with Crippen LogP contribution in [0.1, 0.15) is 12.1 Å². The highest BCUT2D eigenvalue weighted by atomic mass is 32.2. The average molecular weight is 197 g/mol. The maximum atomic E-state index is 4.52. The molecule has 0 unspecified atom stereocenters. The van der Waals surface area contributed by atoms with Gasteiger partial charge in [-0.1, -0.05) is 0 Å². The van der Waals surface area contributed by atoms with E-state index in [4.69, 9.17) is 0 Å². The summed E-state index contributed by atoms with van der Waals surface area (Å²) >= 11 is 1.72. The number of fused-ring (bicyclic) bond motifs is 1. The number of hydrogen-bond donors (Lipinski definition) is 0. The molecule has 0 aliphatic carbocycles. The predicted octanol–water partition coefficient (Wildman–Crippen LogP) is 1.44. The summed E-state index contributed by atoms with van der Waals surface area (Å²) in [7, 11) is 2.17. The molecule has 0 fully saturated rings. The van der Waals surface area contributed by atoms with Crippen LogP contribution in [0.2, 0.25) is 0 Å². The van der Waals surface area contributed by atoms with E-state index in [1.807, 2.05) is 0 Å². The molecule has 13 heavy (non-hydrogen) atoms. The molecule has 2 rings (SSSR count). The van der Waals surface area contributed by atoms with E-state index < -0.39 is 0 Å². The molecule has 0 bridgehead atoms. The zero-order valence-electron chi connectivity index (χ0n) is 8.16. The van der Waals surface area contributed by atoms with Crippen LogP contribution in [-0.2, 0) is 13.1 Å². The molecule has 3 nitrogen and oxygen atoms in total. The van der Waals surface area contributed by atoms with Crippen LogP contribution >= 0.6 is 11.8 Å². The lowest BCUT2D eigenvalue weighted by Crippen LogP contribution is -2.16. The van der Waals surface area contributed by atoms with Gasteiger partial charge in [-0.2, -0.15) is 5.10 Å². The predicted molar refractivity (Wildman–Crippen MR) is 55.0 cm³/mol. The smallest absolute Gasteiger partial charge is 0.118 e. The number of aryl methyl sites for hydroxylation is 1. The van der Waals surface area contributed by atoms with Crippen molar-refractivity contribution in [3.8, 4) is 0 Å². The Morgan fingerprint density at radius 1 is 1.46 bits per heavy atom. The highest BCUT2D eigenvalue weighted by molar-refractivity contribution is 7.98. The third-order valence-corrected chi connectivity index (χ3v) is 3.01. The Kier molecular flexibility index (Phi) is 2.60. The van der Waals surface area contributed by atoms with Crippen LogP contribution < -0.4 is 0 Å². The van der Waals surface area contributed by atoms with Gasteiger partial charge in [0.05, 0.1) is 5.69 Å². The van der Waals surface area contributed by atoms with Crippen LogP contribution in [-0.4, -0.2) is 34.5 Å². The Bertz CT molecular complexity index is 295. The van der Waals surface area contributed by atoms with Crippen LogP contribution in [0, 0.1) is 0 Å². The number of aromatic nitrogens is 2. The topological polar surface area (TPSA) is 21.1 Å². The average Bonchev–Trinajstić information content (AvgIpc) is 2.41. The Morgan fingerprint density at radius 2 is 2.31 bits per heavy atom. The Morgan fingerprint density at radius 3 is 3.08 bits per heavy atom. The summed E-state index contributed by atoms with van der Waals surface area (Å²) in [6.07, 6.45) is 3.28. The van der Waals surface area contributed by atoms with E-state index >= 15 is 0 Å². The zero-order valence-corrected chi connectivity index (χ0v) is 8.97. The molecule has 72 valence electrons. The number of nitrogens with zero attached hydrogens (tertiary/aromatic N) is 3. The summed E-state index contributed by atoms with van der Waals surface area (Å²) in [6.45, 7) is 3.28. The van der Waals surface area contributed by atoms with E-state index in [0.29, 0.717) is 0 Å². The fraction of sp³-hybridized carbons (Fsp3) is 0.667. The molecule has 0 amide bonds. The summed E-state index contributed by atoms with van der Waals surface area (Å²) in [5.74, 6) is 0. The molecule has 0 aromatic carbocycles. The van der Waals surface area contributed by atoms with Crippen molar-refractivity contribution in [1.82, 2.24) is 14.7 Å². The van der Waals surface area contributed by atoms with Gasteiger partial charge in [-0.15, -0.1) is 11.8 Å². The van der Waals surface area contributed by atoms with E-state index in [9.17, 15) is 0 Å². The molecule has 0 radical (unpaired) electrons. The van der Waals surface area contributed by atoms with Crippen LogP contribution in [0.25, 0.3) is 0 Å². The highest BCUT2D eigenvalue weighted by Crippen LogP contribution is 2.18. The van der Waals surface area contributed by atoms with E-state index in [2.05, 4.69) is 34.1 Å². The number of hydrogen-bond acceptors (Lipinski definition) is 3. The minimum absolute atomic E-state index is 1.04. The Balaban J connectivity index is 2.26. The van der Waals surface area contributed by atoms with Crippen LogP contribution in [0.4, 0.5) is 0 Å². The van der Waals surface area contributed by atoms with Crippen molar-refractivity contribution in [3.63, 3.8) is 0 Å². The highest BCUT2D eigenvalue weighted by Gasteiger charge is 2.13. The first-order valence-electron chi connectivity index (χ1n) is 4.59. The number of thioether (sulfide) groups is 1. The molecule has 0 saturated heterocycles. The molecular formula is C9H15N3S. The fourth-order valence-corrected chi connectivity index (χ4v) is 2.13. The second-order valence-electron chi connectivity index (χ2n) is 3.49. The molecule has 1 aliphatic rings. The minimum Gasteiger partial charge on any atom is -0.300 e. The molecular weight excluding hydrogens is 182 g/mol. The second kappa shape index (κ2) is 3.72. The molecule has 0 atom stereocenters. The van der Waals surface area contributed by atoms with E-state index in [-0.39, 0.29) is 0 Å². The van der Waals surface area contributed by atoms with E-state index in [1.54, 1.807) is 11.8 Å². The molecule has 1 aromatic heterocycles. The summed E-state index contributed by atoms with van der Waals surface area (Å²) in [5.41, 5.74) is 1.35. The van der Waals surface area contributed by atoms with Crippen LogP contribution in [0.5, 0.6) is 0 Å². The number of rotatable bonds is 1. The molecule has 0 saturated carbocycles. The third-order valence-electron chi connectivity index (χ3n) is 2.39. The van der Waals surface area contributed by atoms with Crippen molar-refractivity contribution in [2.24, 2.45) is 0 Å². The van der Waals surface area contributed by atoms with Crippen LogP contribution in [0.3, 0.4) is 0 Å². The molecule has 1 aromatic rings. The van der Waals surface area contributed by atoms with Crippen molar-refractivity contribution in [1.29, 1.82) is 0 Å². The normalized spacial score (nSPS) is 18.3. The van der Waals surface area contributed by atoms with E-state index in [0.717, 1.165) is 18.1 Å². The first-order chi connectivity index (χ1) is 6.29. The van der Waals surface area contributed by atoms with Crippen LogP contribution in [0.15, 0.2) is 11.1 Å². The van der Waals surface area contributed by atoms with Gasteiger partial charge >= 0.3 is 0 Å². The van der Waals surface area contributed by atoms with Gasteiger partial charge in [-0.25, -0.2) is 0 Å². The summed E-state index contributed by atoms with van der Waals surface area (Å²) in [6, 6.07) is 2.20. The summed E-state index contributed by atoms with van der Waals surface area (Å²) in [4.78, 5) is 2.35. The van der Waals surface area contributed by atoms with Gasteiger partial charge in [0.1, 0.15) is 5.03 Å². The molecule has 0 N–H and O–H groups in total. The van der Waals surface area contributed by atoms with Crippen molar-refractivity contribution in [3.05, 3.63) is 11.8 Å². The Labute approximate surface area is 83.1 Å². The first-order valence-corrected chi connectivity index (χ1v) is 5.81. The van der Waals surface area contributed by atoms with Gasteiger partial charge < -0.3 is 4.90 Å². The maximum Gasteiger partial charge on any atom is 0.118 e. The fourth-order valence-electron chi connectivity index (χ4n) is 1.70. The van der Waals surface area contributed by atoms with Gasteiger partial charge in [0.15, 0.2) is 0 Å². The largest absolute Gasteiger partial charge is 0.300 e. The van der Waals surface area contributed by atoms with Crippen molar-refractivity contribution in [2.75, 3.05) is 19.8 Å². The van der Waals surface area contributed by atoms with Gasteiger partial charge in [-0.3, -0.25) is 4.68 Å². The molecule has 1 aliphatic heterocycles. The third kappa shape index (κ3) is 1.89. The Hall–Kier alpha value is -0.480. The van der Waals surface area contributed by atoms with Gasteiger partial charge in [0.2, 0.25) is 0 Å². The quantitative estimate of drug-likeness (QED) is 0.636. The lowest BCUT2D eigenvalue weighted by Gasteiger charge is -2.10. The summed E-state index contributed by atoms with van der Waals surface area (Å²) < 4.78 is 2.15. The van der Waals surface area contributed by atoms with Gasteiger partial charge in [0.25, 0.3) is 0 Å².